The van der Waals surface area contributed by atoms with Gasteiger partial charge in [-0.2, -0.15) is 0 Å². The van der Waals surface area contributed by atoms with Gasteiger partial charge in [-0.1, -0.05) is 12.1 Å². The van der Waals surface area contributed by atoms with E-state index in [1.165, 1.54) is 6.39 Å². The summed E-state index contributed by atoms with van der Waals surface area (Å²) >= 11 is 0. The average Bonchev–Trinajstić information content (AvgIpc) is 3.16. The first-order valence-corrected chi connectivity index (χ1v) is 9.07. The molecule has 1 unspecified atom stereocenters. The normalized spacial score (nSPS) is 18.3. The zero-order valence-corrected chi connectivity index (χ0v) is 13.4. The smallest absolute Gasteiger partial charge is 0.253 e. The van der Waals surface area contributed by atoms with Gasteiger partial charge >= 0.3 is 0 Å². The topological polar surface area (TPSA) is 92.5 Å². The maximum atomic E-state index is 12.5. The molecule has 1 N–H and O–H groups in total. The summed E-state index contributed by atoms with van der Waals surface area (Å²) in [6.07, 6.45) is 4.71. The lowest BCUT2D eigenvalue weighted by Crippen LogP contribution is -2.37. The van der Waals surface area contributed by atoms with Crippen molar-refractivity contribution >= 4 is 15.9 Å². The Morgan fingerprint density at radius 3 is 2.70 bits per heavy atom. The first kappa shape index (κ1) is 15.7. The summed E-state index contributed by atoms with van der Waals surface area (Å²) in [5, 5.41) is 0. The van der Waals surface area contributed by atoms with Crippen LogP contribution in [-0.4, -0.2) is 49.6 Å². The minimum Gasteiger partial charge on any atom is -0.444 e. The number of amides is 1. The predicted octanol–water partition coefficient (Wildman–Crippen LogP) is 1.11. The second-order valence-corrected chi connectivity index (χ2v) is 7.35. The third kappa shape index (κ3) is 3.77. The van der Waals surface area contributed by atoms with Crippen LogP contribution >= 0.6 is 0 Å². The van der Waals surface area contributed by atoms with Gasteiger partial charge in [0.05, 0.1) is 12.5 Å². The number of benzene rings is 1. The van der Waals surface area contributed by atoms with Gasteiger partial charge in [-0.15, -0.1) is 0 Å². The second-order valence-electron chi connectivity index (χ2n) is 5.57. The minimum absolute atomic E-state index is 0.105. The van der Waals surface area contributed by atoms with Crippen molar-refractivity contribution in [2.24, 2.45) is 0 Å². The number of aromatic nitrogens is 1. The fourth-order valence-electron chi connectivity index (χ4n) is 2.66. The van der Waals surface area contributed by atoms with Gasteiger partial charge in [-0.25, -0.2) is 18.1 Å². The van der Waals surface area contributed by atoms with E-state index in [0.29, 0.717) is 30.8 Å². The molecule has 23 heavy (non-hydrogen) atoms. The first-order chi connectivity index (χ1) is 10.9. The van der Waals surface area contributed by atoms with Crippen molar-refractivity contribution in [2.45, 2.75) is 12.5 Å². The van der Waals surface area contributed by atoms with E-state index in [2.05, 4.69) is 9.71 Å². The number of rotatable bonds is 4. The molecule has 0 radical (unpaired) electrons. The summed E-state index contributed by atoms with van der Waals surface area (Å²) in [4.78, 5) is 18.0. The highest BCUT2D eigenvalue weighted by atomic mass is 32.2. The highest BCUT2D eigenvalue weighted by Crippen LogP contribution is 2.20. The van der Waals surface area contributed by atoms with Gasteiger partial charge in [0.25, 0.3) is 5.91 Å². The molecule has 0 spiro atoms. The fraction of sp³-hybridized carbons (Fsp3) is 0.333. The van der Waals surface area contributed by atoms with Crippen LogP contribution in [0.5, 0.6) is 0 Å². The number of oxazole rings is 1. The zero-order chi connectivity index (χ0) is 16.4. The largest absolute Gasteiger partial charge is 0.444 e. The van der Waals surface area contributed by atoms with Gasteiger partial charge in [0.1, 0.15) is 0 Å². The third-order valence-corrected chi connectivity index (χ3v) is 4.47. The maximum Gasteiger partial charge on any atom is 0.253 e. The molecule has 1 fully saturated rings. The van der Waals surface area contributed by atoms with Crippen molar-refractivity contribution in [3.63, 3.8) is 0 Å². The van der Waals surface area contributed by atoms with Gasteiger partial charge in [-0.05, 0) is 18.6 Å². The third-order valence-electron chi connectivity index (χ3n) is 3.70. The molecule has 2 heterocycles. The lowest BCUT2D eigenvalue weighted by atomic mass is 10.1. The van der Waals surface area contributed by atoms with E-state index in [1.54, 1.807) is 35.4 Å². The molecule has 1 aliphatic heterocycles. The fourth-order valence-corrected chi connectivity index (χ4v) is 3.46. The van der Waals surface area contributed by atoms with Crippen LogP contribution in [0.25, 0.3) is 11.3 Å². The van der Waals surface area contributed by atoms with Crippen molar-refractivity contribution < 1.29 is 17.6 Å². The van der Waals surface area contributed by atoms with Crippen molar-refractivity contribution in [1.29, 1.82) is 0 Å². The number of nitrogens with one attached hydrogen (secondary N) is 1. The van der Waals surface area contributed by atoms with E-state index in [-0.39, 0.29) is 11.9 Å². The molecule has 7 nitrogen and oxygen atoms in total. The maximum absolute atomic E-state index is 12.5. The van der Waals surface area contributed by atoms with E-state index in [1.807, 2.05) is 0 Å². The highest BCUT2D eigenvalue weighted by Gasteiger charge is 2.28. The molecule has 1 amide bonds. The van der Waals surface area contributed by atoms with Crippen LogP contribution in [0.4, 0.5) is 0 Å². The summed E-state index contributed by atoms with van der Waals surface area (Å²) in [5.74, 6) is 0.537. The van der Waals surface area contributed by atoms with Crippen molar-refractivity contribution in [3.8, 4) is 11.3 Å². The van der Waals surface area contributed by atoms with Crippen LogP contribution in [0.2, 0.25) is 0 Å². The molecule has 1 aliphatic rings. The van der Waals surface area contributed by atoms with E-state index in [4.69, 9.17) is 4.42 Å². The van der Waals surface area contributed by atoms with Gasteiger partial charge in [-0.3, -0.25) is 4.79 Å². The Hall–Kier alpha value is -2.19. The average molecular weight is 335 g/mol. The van der Waals surface area contributed by atoms with Crippen LogP contribution in [0.15, 0.2) is 41.3 Å². The van der Waals surface area contributed by atoms with Gasteiger partial charge in [0.2, 0.25) is 10.0 Å². The van der Waals surface area contributed by atoms with Crippen molar-refractivity contribution in [3.05, 3.63) is 42.4 Å². The summed E-state index contributed by atoms with van der Waals surface area (Å²) < 4.78 is 30.3. The second kappa shape index (κ2) is 6.13. The van der Waals surface area contributed by atoms with Crippen molar-refractivity contribution in [1.82, 2.24) is 14.6 Å². The predicted molar refractivity (Wildman–Crippen MR) is 84.2 cm³/mol. The Balaban J connectivity index is 1.67. The molecule has 122 valence electrons. The monoisotopic (exact) mass is 335 g/mol. The quantitative estimate of drug-likeness (QED) is 0.903. The summed E-state index contributed by atoms with van der Waals surface area (Å²) in [6.45, 7) is 0.922. The molecule has 0 aliphatic carbocycles. The SMILES string of the molecule is CS(=O)(=O)NC1CCN(C(=O)c2ccc(-c3cnco3)cc2)C1. The van der Waals surface area contributed by atoms with Crippen LogP contribution in [0, 0.1) is 0 Å². The van der Waals surface area contributed by atoms with Crippen LogP contribution in [0.1, 0.15) is 16.8 Å². The van der Waals surface area contributed by atoms with Gasteiger partial charge in [0.15, 0.2) is 12.2 Å². The molecule has 2 aromatic rings. The molecule has 1 aromatic carbocycles. The molecule has 0 saturated carbocycles. The molecule has 1 atom stereocenters. The number of likely N-dealkylation sites (tertiary alicyclic amines) is 1. The van der Waals surface area contributed by atoms with Crippen molar-refractivity contribution in [2.75, 3.05) is 19.3 Å². The molecule has 0 bridgehead atoms. The number of hydrogen-bond acceptors (Lipinski definition) is 5. The molecular formula is C15H17N3O4S. The molecule has 1 aromatic heterocycles. The van der Waals surface area contributed by atoms with Crippen LogP contribution in [-0.2, 0) is 10.0 Å². The molecule has 1 saturated heterocycles. The molecule has 8 heteroatoms. The zero-order valence-electron chi connectivity index (χ0n) is 12.6. The Bertz CT molecular complexity index is 785. The Kier molecular flexibility index (Phi) is 4.18. The Morgan fingerprint density at radius 1 is 1.35 bits per heavy atom. The van der Waals surface area contributed by atoms with E-state index in [0.717, 1.165) is 11.8 Å². The number of carbonyl (C=O) groups is 1. The first-order valence-electron chi connectivity index (χ1n) is 7.18. The van der Waals surface area contributed by atoms with Crippen LogP contribution in [0.3, 0.4) is 0 Å². The number of hydrogen-bond donors (Lipinski definition) is 1. The van der Waals surface area contributed by atoms with Crippen LogP contribution < -0.4 is 4.72 Å². The Morgan fingerprint density at radius 2 is 2.09 bits per heavy atom. The van der Waals surface area contributed by atoms with Gasteiger partial charge < -0.3 is 9.32 Å². The standard InChI is InChI=1S/C15H17N3O4S/c1-23(20,21)17-13-6-7-18(9-13)15(19)12-4-2-11(3-5-12)14-8-16-10-22-14/h2-5,8,10,13,17H,6-7,9H2,1H3. The molecule has 3 rings (SSSR count). The highest BCUT2D eigenvalue weighted by molar-refractivity contribution is 7.88. The summed E-state index contributed by atoms with van der Waals surface area (Å²) in [7, 11) is -3.26. The van der Waals surface area contributed by atoms with E-state index < -0.39 is 10.0 Å². The number of sulfonamides is 1. The minimum atomic E-state index is -3.26. The lowest BCUT2D eigenvalue weighted by Gasteiger charge is -2.17. The van der Waals surface area contributed by atoms with E-state index >= 15 is 0 Å². The summed E-state index contributed by atoms with van der Waals surface area (Å²) in [6, 6.07) is 6.85. The number of carbonyl (C=O) groups excluding carboxylic acids is 1. The molecular weight excluding hydrogens is 318 g/mol. The lowest BCUT2D eigenvalue weighted by molar-refractivity contribution is 0.0790. The number of nitrogens with zero attached hydrogens (tertiary/aromatic N) is 2. The van der Waals surface area contributed by atoms with E-state index in [9.17, 15) is 13.2 Å². The summed E-state index contributed by atoms with van der Waals surface area (Å²) in [5.41, 5.74) is 1.41. The Labute approximate surface area is 134 Å². The van der Waals surface area contributed by atoms with Gasteiger partial charge in [0, 0.05) is 30.3 Å².